The second-order valence-corrected chi connectivity index (χ2v) is 4.50. The summed E-state index contributed by atoms with van der Waals surface area (Å²) in [6.45, 7) is 1.99. The SMILES string of the molecule is CCCC(O)c1noc(-c2sccc2OC)n1. The number of ether oxygens (including phenoxy) is 1. The predicted octanol–water partition coefficient (Wildman–Crippen LogP) is 2.64. The summed E-state index contributed by atoms with van der Waals surface area (Å²) in [6.07, 6.45) is 0.830. The Morgan fingerprint density at radius 2 is 2.41 bits per heavy atom. The van der Waals surface area contributed by atoms with Gasteiger partial charge in [-0.25, -0.2) is 0 Å². The Balaban J connectivity index is 2.23. The zero-order chi connectivity index (χ0) is 12.3. The highest BCUT2D eigenvalue weighted by Gasteiger charge is 2.18. The van der Waals surface area contributed by atoms with Gasteiger partial charge in [-0.1, -0.05) is 18.5 Å². The van der Waals surface area contributed by atoms with E-state index in [-0.39, 0.29) is 0 Å². The number of hydrogen-bond acceptors (Lipinski definition) is 6. The summed E-state index contributed by atoms with van der Waals surface area (Å²) in [4.78, 5) is 4.97. The first-order valence-corrected chi connectivity index (χ1v) is 6.27. The molecule has 0 saturated heterocycles. The third kappa shape index (κ3) is 2.48. The highest BCUT2D eigenvalue weighted by Crippen LogP contribution is 2.34. The highest BCUT2D eigenvalue weighted by atomic mass is 32.1. The molecule has 0 saturated carbocycles. The second kappa shape index (κ2) is 5.29. The van der Waals surface area contributed by atoms with Gasteiger partial charge in [-0.3, -0.25) is 0 Å². The van der Waals surface area contributed by atoms with Gasteiger partial charge in [0.1, 0.15) is 16.7 Å². The van der Waals surface area contributed by atoms with Crippen molar-refractivity contribution in [1.29, 1.82) is 0 Å². The first kappa shape index (κ1) is 12.1. The largest absolute Gasteiger partial charge is 0.495 e. The van der Waals surface area contributed by atoms with E-state index in [9.17, 15) is 5.11 Å². The van der Waals surface area contributed by atoms with Crippen molar-refractivity contribution >= 4 is 11.3 Å². The third-order valence-electron chi connectivity index (χ3n) is 2.35. The Hall–Kier alpha value is -1.40. The van der Waals surface area contributed by atoms with E-state index < -0.39 is 6.10 Å². The van der Waals surface area contributed by atoms with Crippen LogP contribution >= 0.6 is 11.3 Å². The van der Waals surface area contributed by atoms with E-state index in [4.69, 9.17) is 9.26 Å². The van der Waals surface area contributed by atoms with Crippen LogP contribution in [0.5, 0.6) is 5.75 Å². The number of hydrogen-bond donors (Lipinski definition) is 1. The van der Waals surface area contributed by atoms with Crippen molar-refractivity contribution in [2.75, 3.05) is 7.11 Å². The minimum Gasteiger partial charge on any atom is -0.495 e. The van der Waals surface area contributed by atoms with Crippen molar-refractivity contribution in [3.63, 3.8) is 0 Å². The fraction of sp³-hybridized carbons (Fsp3) is 0.455. The van der Waals surface area contributed by atoms with E-state index >= 15 is 0 Å². The molecule has 1 atom stereocenters. The van der Waals surface area contributed by atoms with E-state index in [1.807, 2.05) is 18.4 Å². The number of rotatable bonds is 5. The molecule has 0 aromatic carbocycles. The van der Waals surface area contributed by atoms with E-state index in [1.54, 1.807) is 7.11 Å². The number of thiophene rings is 1. The first-order chi connectivity index (χ1) is 8.26. The second-order valence-electron chi connectivity index (χ2n) is 3.58. The van der Waals surface area contributed by atoms with Crippen LogP contribution in [-0.4, -0.2) is 22.4 Å². The van der Waals surface area contributed by atoms with Crippen LogP contribution in [0.3, 0.4) is 0 Å². The standard InChI is InChI=1S/C11H14N2O3S/c1-3-4-7(14)10-12-11(16-13-10)9-8(15-2)5-6-17-9/h5-7,14H,3-4H2,1-2H3. The molecule has 92 valence electrons. The van der Waals surface area contributed by atoms with Crippen LogP contribution in [0.1, 0.15) is 31.7 Å². The molecule has 0 aliphatic heterocycles. The lowest BCUT2D eigenvalue weighted by atomic mass is 10.2. The van der Waals surface area contributed by atoms with Crippen LogP contribution < -0.4 is 4.74 Å². The zero-order valence-corrected chi connectivity index (χ0v) is 10.5. The molecule has 2 heterocycles. The molecule has 5 nitrogen and oxygen atoms in total. The van der Waals surface area contributed by atoms with Crippen LogP contribution in [-0.2, 0) is 0 Å². The maximum absolute atomic E-state index is 9.75. The lowest BCUT2D eigenvalue weighted by Crippen LogP contribution is -1.98. The number of nitrogens with zero attached hydrogens (tertiary/aromatic N) is 2. The summed E-state index contributed by atoms with van der Waals surface area (Å²) in [5.74, 6) is 1.43. The number of methoxy groups -OCH3 is 1. The van der Waals surface area contributed by atoms with E-state index in [0.717, 1.165) is 11.3 Å². The molecule has 0 fully saturated rings. The van der Waals surface area contributed by atoms with Crippen molar-refractivity contribution in [3.8, 4) is 16.5 Å². The molecule has 1 N–H and O–H groups in total. The van der Waals surface area contributed by atoms with Gasteiger partial charge in [0, 0.05) is 0 Å². The smallest absolute Gasteiger partial charge is 0.271 e. The summed E-state index contributed by atoms with van der Waals surface area (Å²) >= 11 is 1.46. The molecule has 17 heavy (non-hydrogen) atoms. The van der Waals surface area contributed by atoms with Crippen LogP contribution in [0.4, 0.5) is 0 Å². The Kier molecular flexibility index (Phi) is 3.75. The van der Waals surface area contributed by atoms with Gasteiger partial charge in [0.05, 0.1) is 7.11 Å². The molecule has 0 bridgehead atoms. The van der Waals surface area contributed by atoms with Gasteiger partial charge in [0.2, 0.25) is 5.82 Å². The molecule has 0 spiro atoms. The van der Waals surface area contributed by atoms with Gasteiger partial charge in [-0.05, 0) is 17.9 Å². The lowest BCUT2D eigenvalue weighted by Gasteiger charge is -2.01. The quantitative estimate of drug-likeness (QED) is 0.888. The van der Waals surface area contributed by atoms with E-state index in [1.165, 1.54) is 11.3 Å². The van der Waals surface area contributed by atoms with Gasteiger partial charge >= 0.3 is 0 Å². The van der Waals surface area contributed by atoms with Gasteiger partial charge in [0.15, 0.2) is 0 Å². The summed E-state index contributed by atoms with van der Waals surface area (Å²) in [5.41, 5.74) is 0. The molecule has 6 heteroatoms. The Morgan fingerprint density at radius 1 is 1.59 bits per heavy atom. The average molecular weight is 254 g/mol. The topological polar surface area (TPSA) is 68.4 Å². The Labute approximate surface area is 103 Å². The van der Waals surface area contributed by atoms with Crippen LogP contribution in [0.2, 0.25) is 0 Å². The maximum Gasteiger partial charge on any atom is 0.271 e. The monoisotopic (exact) mass is 254 g/mol. The lowest BCUT2D eigenvalue weighted by molar-refractivity contribution is 0.153. The van der Waals surface area contributed by atoms with Crippen molar-refractivity contribution < 1.29 is 14.4 Å². The Morgan fingerprint density at radius 3 is 3.12 bits per heavy atom. The molecule has 0 amide bonds. The van der Waals surface area contributed by atoms with E-state index in [0.29, 0.717) is 23.9 Å². The fourth-order valence-corrected chi connectivity index (χ4v) is 2.26. The molecular weight excluding hydrogens is 240 g/mol. The number of aromatic nitrogens is 2. The molecule has 0 aliphatic rings. The molecule has 2 aromatic rings. The number of aliphatic hydroxyl groups is 1. The zero-order valence-electron chi connectivity index (χ0n) is 9.71. The summed E-state index contributed by atoms with van der Waals surface area (Å²) in [6, 6.07) is 1.84. The summed E-state index contributed by atoms with van der Waals surface area (Å²) in [5, 5.41) is 15.4. The molecule has 2 aromatic heterocycles. The fourth-order valence-electron chi connectivity index (χ4n) is 1.48. The predicted molar refractivity (Wildman–Crippen MR) is 64.0 cm³/mol. The first-order valence-electron chi connectivity index (χ1n) is 5.39. The summed E-state index contributed by atoms with van der Waals surface area (Å²) in [7, 11) is 1.59. The molecule has 1 unspecified atom stereocenters. The molecule has 0 radical (unpaired) electrons. The molecule has 2 rings (SSSR count). The van der Waals surface area contributed by atoms with Crippen molar-refractivity contribution in [1.82, 2.24) is 10.1 Å². The minimum absolute atomic E-state index is 0.331. The average Bonchev–Trinajstić information content (AvgIpc) is 2.97. The van der Waals surface area contributed by atoms with Crippen LogP contribution in [0.15, 0.2) is 16.0 Å². The van der Waals surface area contributed by atoms with Gasteiger partial charge in [-0.15, -0.1) is 11.3 Å². The van der Waals surface area contributed by atoms with Crippen LogP contribution in [0.25, 0.3) is 10.8 Å². The van der Waals surface area contributed by atoms with Crippen molar-refractivity contribution in [3.05, 3.63) is 17.3 Å². The maximum atomic E-state index is 9.75. The van der Waals surface area contributed by atoms with Gasteiger partial charge < -0.3 is 14.4 Å². The van der Waals surface area contributed by atoms with Gasteiger partial charge in [0.25, 0.3) is 5.89 Å². The summed E-state index contributed by atoms with van der Waals surface area (Å²) < 4.78 is 10.3. The van der Waals surface area contributed by atoms with Gasteiger partial charge in [-0.2, -0.15) is 4.98 Å². The number of aliphatic hydroxyl groups excluding tert-OH is 1. The van der Waals surface area contributed by atoms with Crippen LogP contribution in [0, 0.1) is 0 Å². The van der Waals surface area contributed by atoms with Crippen molar-refractivity contribution in [2.45, 2.75) is 25.9 Å². The van der Waals surface area contributed by atoms with E-state index in [2.05, 4.69) is 10.1 Å². The minimum atomic E-state index is -0.663. The molecule has 0 aliphatic carbocycles. The Bertz CT molecular complexity index is 481. The van der Waals surface area contributed by atoms with Crippen molar-refractivity contribution in [2.24, 2.45) is 0 Å². The normalized spacial score (nSPS) is 12.6. The third-order valence-corrected chi connectivity index (χ3v) is 3.23. The molecular formula is C11H14N2O3S. The highest BCUT2D eigenvalue weighted by molar-refractivity contribution is 7.13.